The van der Waals surface area contributed by atoms with Gasteiger partial charge >= 0.3 is 0 Å². The molecule has 1 aliphatic carbocycles. The molecule has 1 saturated carbocycles. The molecule has 0 heterocycles. The third-order valence-electron chi connectivity index (χ3n) is 3.05. The summed E-state index contributed by atoms with van der Waals surface area (Å²) in [6.45, 7) is 16.4. The molecule has 2 atom stereocenters. The Labute approximate surface area is 80.6 Å². The summed E-state index contributed by atoms with van der Waals surface area (Å²) < 4.78 is 0. The molecule has 1 rings (SSSR count). The van der Waals surface area contributed by atoms with Crippen LogP contribution in [0.5, 0.6) is 0 Å². The first-order chi connectivity index (χ1) is 6.00. The Balaban J connectivity index is 3.14. The highest BCUT2D eigenvalue weighted by molar-refractivity contribution is 6.15. The lowest BCUT2D eigenvalue weighted by Gasteiger charge is -2.32. The van der Waals surface area contributed by atoms with Crippen molar-refractivity contribution in [3.05, 3.63) is 36.5 Å². The van der Waals surface area contributed by atoms with Crippen LogP contribution in [0.15, 0.2) is 41.4 Å². The second kappa shape index (κ2) is 3.33. The van der Waals surface area contributed by atoms with Crippen LogP contribution in [0.4, 0.5) is 0 Å². The molecule has 0 aliphatic heterocycles. The SMILES string of the molecule is C=C1C(=C)C(C)C(C)C(=C)/C1=N\C. The molecule has 0 bridgehead atoms. The maximum absolute atomic E-state index is 4.20. The van der Waals surface area contributed by atoms with Gasteiger partial charge < -0.3 is 0 Å². The Morgan fingerprint density at radius 2 is 1.46 bits per heavy atom. The third kappa shape index (κ3) is 1.39. The number of aliphatic imine (C=N–C) groups is 1. The molecule has 0 aromatic heterocycles. The highest BCUT2D eigenvalue weighted by Gasteiger charge is 2.29. The molecule has 1 aliphatic rings. The summed E-state index contributed by atoms with van der Waals surface area (Å²) in [5, 5.41) is 0. The largest absolute Gasteiger partial charge is 0.288 e. The van der Waals surface area contributed by atoms with Crippen molar-refractivity contribution >= 4 is 5.71 Å². The van der Waals surface area contributed by atoms with Gasteiger partial charge in [0.2, 0.25) is 0 Å². The summed E-state index contributed by atoms with van der Waals surface area (Å²) in [5.74, 6) is 0.863. The van der Waals surface area contributed by atoms with Crippen molar-refractivity contribution < 1.29 is 0 Å². The summed E-state index contributed by atoms with van der Waals surface area (Å²) in [7, 11) is 1.78. The van der Waals surface area contributed by atoms with Crippen LogP contribution >= 0.6 is 0 Å². The van der Waals surface area contributed by atoms with Crippen LogP contribution in [0.2, 0.25) is 0 Å². The zero-order chi connectivity index (χ0) is 10.2. The molecule has 2 unspecified atom stereocenters. The van der Waals surface area contributed by atoms with Gasteiger partial charge in [0.05, 0.1) is 5.71 Å². The minimum absolute atomic E-state index is 0.427. The van der Waals surface area contributed by atoms with E-state index in [4.69, 9.17) is 0 Å². The lowest BCUT2D eigenvalue weighted by molar-refractivity contribution is 0.516. The van der Waals surface area contributed by atoms with Crippen molar-refractivity contribution in [2.45, 2.75) is 13.8 Å². The second-order valence-electron chi connectivity index (χ2n) is 3.68. The molecule has 13 heavy (non-hydrogen) atoms. The highest BCUT2D eigenvalue weighted by Crippen LogP contribution is 2.36. The molecule has 1 heteroatoms. The van der Waals surface area contributed by atoms with E-state index in [-0.39, 0.29) is 0 Å². The Morgan fingerprint density at radius 1 is 1.00 bits per heavy atom. The molecular formula is C12H17N. The van der Waals surface area contributed by atoms with Crippen LogP contribution in [0, 0.1) is 11.8 Å². The van der Waals surface area contributed by atoms with Crippen molar-refractivity contribution in [2.24, 2.45) is 16.8 Å². The first kappa shape index (κ1) is 9.97. The van der Waals surface area contributed by atoms with Crippen molar-refractivity contribution in [3.63, 3.8) is 0 Å². The Kier molecular flexibility index (Phi) is 2.55. The van der Waals surface area contributed by atoms with Crippen LogP contribution in [0.25, 0.3) is 0 Å². The molecule has 0 saturated heterocycles. The van der Waals surface area contributed by atoms with Crippen molar-refractivity contribution in [3.8, 4) is 0 Å². The Morgan fingerprint density at radius 3 is 1.92 bits per heavy atom. The summed E-state index contributed by atoms with van der Waals surface area (Å²) in [5.41, 5.74) is 4.08. The predicted molar refractivity (Wildman–Crippen MR) is 59.1 cm³/mol. The normalized spacial score (nSPS) is 32.8. The highest BCUT2D eigenvalue weighted by atomic mass is 14.7. The van der Waals surface area contributed by atoms with E-state index < -0.39 is 0 Å². The second-order valence-corrected chi connectivity index (χ2v) is 3.68. The number of hydrogen-bond donors (Lipinski definition) is 0. The van der Waals surface area contributed by atoms with Gasteiger partial charge in [-0.1, -0.05) is 33.6 Å². The summed E-state index contributed by atoms with van der Waals surface area (Å²) in [6.07, 6.45) is 0. The van der Waals surface area contributed by atoms with Crippen LogP contribution < -0.4 is 0 Å². The molecule has 0 aromatic rings. The van der Waals surface area contributed by atoms with E-state index in [0.717, 1.165) is 22.4 Å². The maximum Gasteiger partial charge on any atom is 0.0668 e. The van der Waals surface area contributed by atoms with Crippen molar-refractivity contribution in [1.29, 1.82) is 0 Å². The lowest BCUT2D eigenvalue weighted by atomic mass is 9.72. The van der Waals surface area contributed by atoms with E-state index in [0.29, 0.717) is 11.8 Å². The average Bonchev–Trinajstić information content (AvgIpc) is 2.13. The average molecular weight is 175 g/mol. The van der Waals surface area contributed by atoms with E-state index in [2.05, 4.69) is 38.6 Å². The van der Waals surface area contributed by atoms with Crippen LogP contribution in [0.1, 0.15) is 13.8 Å². The molecular weight excluding hydrogens is 158 g/mol. The van der Waals surface area contributed by atoms with Gasteiger partial charge in [0, 0.05) is 7.05 Å². The number of nitrogens with zero attached hydrogens (tertiary/aromatic N) is 1. The van der Waals surface area contributed by atoms with Crippen molar-refractivity contribution in [2.75, 3.05) is 7.05 Å². The van der Waals surface area contributed by atoms with E-state index in [9.17, 15) is 0 Å². The fourth-order valence-electron chi connectivity index (χ4n) is 1.72. The molecule has 0 aromatic carbocycles. The Hall–Kier alpha value is -1.11. The van der Waals surface area contributed by atoms with Crippen LogP contribution in [-0.2, 0) is 0 Å². The van der Waals surface area contributed by atoms with E-state index in [1.165, 1.54) is 0 Å². The minimum atomic E-state index is 0.427. The number of rotatable bonds is 0. The van der Waals surface area contributed by atoms with Crippen LogP contribution in [-0.4, -0.2) is 12.8 Å². The van der Waals surface area contributed by atoms with Gasteiger partial charge in [-0.3, -0.25) is 4.99 Å². The molecule has 0 amide bonds. The summed E-state index contributed by atoms with van der Waals surface area (Å²) >= 11 is 0. The third-order valence-corrected chi connectivity index (χ3v) is 3.05. The molecule has 0 radical (unpaired) electrons. The number of allylic oxidation sites excluding steroid dienone is 3. The van der Waals surface area contributed by atoms with Gasteiger partial charge in [-0.05, 0) is 28.6 Å². The summed E-state index contributed by atoms with van der Waals surface area (Å²) in [6, 6.07) is 0. The predicted octanol–water partition coefficient (Wildman–Crippen LogP) is 3.01. The fourth-order valence-corrected chi connectivity index (χ4v) is 1.72. The van der Waals surface area contributed by atoms with Gasteiger partial charge in [0.25, 0.3) is 0 Å². The van der Waals surface area contributed by atoms with Gasteiger partial charge in [-0.25, -0.2) is 0 Å². The van der Waals surface area contributed by atoms with Gasteiger partial charge in [0.1, 0.15) is 0 Å². The van der Waals surface area contributed by atoms with Gasteiger partial charge in [-0.2, -0.15) is 0 Å². The van der Waals surface area contributed by atoms with Crippen molar-refractivity contribution in [1.82, 2.24) is 0 Å². The zero-order valence-corrected chi connectivity index (χ0v) is 8.72. The number of hydrogen-bond acceptors (Lipinski definition) is 1. The standard InChI is InChI=1S/C12H17N/c1-7-8(2)10(4)12(13-6)11(5)9(7)3/h7,9H,2,4-5H2,1,3,6H3/b13-12-. The fraction of sp³-hybridized carbons (Fsp3) is 0.417. The molecule has 70 valence electrons. The zero-order valence-electron chi connectivity index (χ0n) is 8.72. The minimum Gasteiger partial charge on any atom is -0.288 e. The lowest BCUT2D eigenvalue weighted by Crippen LogP contribution is -2.27. The molecule has 1 nitrogen and oxygen atoms in total. The maximum atomic E-state index is 4.20. The first-order valence-electron chi connectivity index (χ1n) is 4.55. The van der Waals surface area contributed by atoms with Gasteiger partial charge in [-0.15, -0.1) is 0 Å². The molecule has 0 spiro atoms. The van der Waals surface area contributed by atoms with Gasteiger partial charge in [0.15, 0.2) is 0 Å². The molecule has 0 N–H and O–H groups in total. The Bertz CT molecular complexity index is 307. The van der Waals surface area contributed by atoms with E-state index in [1.807, 2.05) is 0 Å². The first-order valence-corrected chi connectivity index (χ1v) is 4.55. The molecule has 1 fully saturated rings. The topological polar surface area (TPSA) is 12.4 Å². The monoisotopic (exact) mass is 175 g/mol. The van der Waals surface area contributed by atoms with E-state index in [1.54, 1.807) is 7.05 Å². The smallest absolute Gasteiger partial charge is 0.0668 e. The quantitative estimate of drug-likeness (QED) is 0.536. The van der Waals surface area contributed by atoms with Crippen LogP contribution in [0.3, 0.4) is 0 Å². The summed E-state index contributed by atoms with van der Waals surface area (Å²) in [4.78, 5) is 4.20. The van der Waals surface area contributed by atoms with E-state index >= 15 is 0 Å².